The van der Waals surface area contributed by atoms with Gasteiger partial charge in [0.2, 0.25) is 0 Å². The summed E-state index contributed by atoms with van der Waals surface area (Å²) in [6.07, 6.45) is 2.44. The van der Waals surface area contributed by atoms with Gasteiger partial charge in [0.25, 0.3) is 5.91 Å². The average Bonchev–Trinajstić information content (AvgIpc) is 2.54. The topological polar surface area (TPSA) is 68.5 Å². The van der Waals surface area contributed by atoms with Crippen LogP contribution in [0.25, 0.3) is 10.8 Å². The molecule has 0 unspecified atom stereocenters. The molecule has 0 fully saturated rings. The highest BCUT2D eigenvalue weighted by Crippen LogP contribution is 2.17. The van der Waals surface area contributed by atoms with Crippen molar-refractivity contribution in [1.82, 2.24) is 9.88 Å². The van der Waals surface area contributed by atoms with Gasteiger partial charge in [0.1, 0.15) is 5.69 Å². The van der Waals surface area contributed by atoms with Crippen molar-refractivity contribution in [1.29, 1.82) is 0 Å². The highest BCUT2D eigenvalue weighted by Gasteiger charge is 2.18. The molecule has 2 rings (SSSR count). The van der Waals surface area contributed by atoms with Crippen LogP contribution in [0.15, 0.2) is 36.5 Å². The van der Waals surface area contributed by atoms with E-state index in [-0.39, 0.29) is 5.91 Å². The number of carbonyl (C=O) groups is 1. The van der Waals surface area contributed by atoms with E-state index in [2.05, 4.69) is 4.98 Å². The van der Waals surface area contributed by atoms with Gasteiger partial charge in [0.15, 0.2) is 0 Å². The Balaban J connectivity index is 2.29. The van der Waals surface area contributed by atoms with Crippen molar-refractivity contribution in [2.24, 2.45) is 5.73 Å². The largest absolute Gasteiger partial charge is 0.383 e. The summed E-state index contributed by atoms with van der Waals surface area (Å²) >= 11 is 0. The summed E-state index contributed by atoms with van der Waals surface area (Å²) in [6, 6.07) is 9.68. The van der Waals surface area contributed by atoms with Crippen molar-refractivity contribution in [3.8, 4) is 0 Å². The van der Waals surface area contributed by atoms with Crippen LogP contribution in [0.5, 0.6) is 0 Å². The van der Waals surface area contributed by atoms with Gasteiger partial charge in [-0.3, -0.25) is 9.78 Å². The Kier molecular flexibility index (Phi) is 5.66. The normalized spacial score (nSPS) is 10.8. The summed E-state index contributed by atoms with van der Waals surface area (Å²) in [5.74, 6) is -0.0719. The fraction of sp³-hybridized carbons (Fsp3) is 0.375. The van der Waals surface area contributed by atoms with Crippen molar-refractivity contribution in [2.45, 2.75) is 6.42 Å². The second-order valence-electron chi connectivity index (χ2n) is 4.81. The molecule has 21 heavy (non-hydrogen) atoms. The minimum atomic E-state index is -0.0719. The average molecular weight is 287 g/mol. The van der Waals surface area contributed by atoms with Crippen LogP contribution in [0.4, 0.5) is 0 Å². The molecule has 112 valence electrons. The Morgan fingerprint density at radius 2 is 2.10 bits per heavy atom. The van der Waals surface area contributed by atoms with Gasteiger partial charge in [-0.1, -0.05) is 24.3 Å². The number of aromatic nitrogens is 1. The van der Waals surface area contributed by atoms with Gasteiger partial charge in [-0.25, -0.2) is 0 Å². The fourth-order valence-corrected chi connectivity index (χ4v) is 2.24. The number of nitrogens with two attached hydrogens (primary N) is 1. The Labute approximate surface area is 124 Å². The maximum absolute atomic E-state index is 12.7. The number of methoxy groups -OCH3 is 1. The van der Waals surface area contributed by atoms with Gasteiger partial charge in [-0.2, -0.15) is 0 Å². The van der Waals surface area contributed by atoms with Crippen molar-refractivity contribution in [3.05, 3.63) is 42.2 Å². The number of benzene rings is 1. The van der Waals surface area contributed by atoms with E-state index in [0.717, 1.165) is 17.2 Å². The number of hydrogen-bond acceptors (Lipinski definition) is 4. The molecule has 5 nitrogen and oxygen atoms in total. The molecule has 1 aromatic carbocycles. The summed E-state index contributed by atoms with van der Waals surface area (Å²) in [7, 11) is 1.63. The van der Waals surface area contributed by atoms with Crippen LogP contribution < -0.4 is 5.73 Å². The van der Waals surface area contributed by atoms with Crippen LogP contribution in [0.2, 0.25) is 0 Å². The highest BCUT2D eigenvalue weighted by molar-refractivity contribution is 6.05. The predicted molar refractivity (Wildman–Crippen MR) is 83.2 cm³/mol. The fourth-order valence-electron chi connectivity index (χ4n) is 2.24. The minimum absolute atomic E-state index is 0.0719. The Hall–Kier alpha value is -1.98. The molecule has 1 amide bonds. The van der Waals surface area contributed by atoms with Crippen LogP contribution in [-0.2, 0) is 4.74 Å². The third-order valence-electron chi connectivity index (χ3n) is 3.36. The van der Waals surface area contributed by atoms with E-state index in [1.807, 2.05) is 30.3 Å². The Morgan fingerprint density at radius 1 is 1.29 bits per heavy atom. The highest BCUT2D eigenvalue weighted by atomic mass is 16.5. The SMILES string of the molecule is COCCN(CCCN)C(=O)c1nccc2ccccc12. The van der Waals surface area contributed by atoms with Gasteiger partial charge in [-0.05, 0) is 24.4 Å². The van der Waals surface area contributed by atoms with Crippen molar-refractivity contribution < 1.29 is 9.53 Å². The first-order chi connectivity index (χ1) is 10.3. The Morgan fingerprint density at radius 3 is 2.86 bits per heavy atom. The molecule has 0 radical (unpaired) electrons. The number of pyridine rings is 1. The van der Waals surface area contributed by atoms with E-state index in [1.165, 1.54) is 0 Å². The summed E-state index contributed by atoms with van der Waals surface area (Å²) in [4.78, 5) is 18.8. The standard InChI is InChI=1S/C16H21N3O2/c1-21-12-11-19(10-4-8-17)16(20)15-14-6-3-2-5-13(14)7-9-18-15/h2-3,5-7,9H,4,8,10-12,17H2,1H3. The van der Waals surface area contributed by atoms with Crippen LogP contribution in [-0.4, -0.2) is 49.1 Å². The molecule has 2 aromatic rings. The lowest BCUT2D eigenvalue weighted by molar-refractivity contribution is 0.0691. The number of nitrogens with zero attached hydrogens (tertiary/aromatic N) is 2. The van der Waals surface area contributed by atoms with Crippen molar-refractivity contribution in [2.75, 3.05) is 33.4 Å². The van der Waals surface area contributed by atoms with Crippen LogP contribution in [0.1, 0.15) is 16.9 Å². The van der Waals surface area contributed by atoms with Crippen molar-refractivity contribution >= 4 is 16.7 Å². The molecule has 0 atom stereocenters. The van der Waals surface area contributed by atoms with E-state index in [4.69, 9.17) is 10.5 Å². The smallest absolute Gasteiger partial charge is 0.273 e. The minimum Gasteiger partial charge on any atom is -0.383 e. The van der Waals surface area contributed by atoms with Crippen LogP contribution in [0, 0.1) is 0 Å². The number of ether oxygens (including phenoxy) is 1. The summed E-state index contributed by atoms with van der Waals surface area (Å²) in [5.41, 5.74) is 6.04. The Bertz CT molecular complexity index is 588. The second kappa shape index (κ2) is 7.71. The zero-order valence-corrected chi connectivity index (χ0v) is 12.3. The first-order valence-corrected chi connectivity index (χ1v) is 7.10. The molecule has 0 aliphatic carbocycles. The molecule has 0 saturated carbocycles. The van der Waals surface area contributed by atoms with E-state index >= 15 is 0 Å². The second-order valence-corrected chi connectivity index (χ2v) is 4.81. The molecule has 1 heterocycles. The maximum atomic E-state index is 12.7. The maximum Gasteiger partial charge on any atom is 0.273 e. The van der Waals surface area contributed by atoms with Crippen LogP contribution in [0.3, 0.4) is 0 Å². The van der Waals surface area contributed by atoms with Gasteiger partial charge in [0, 0.05) is 31.8 Å². The lowest BCUT2D eigenvalue weighted by atomic mass is 10.1. The van der Waals surface area contributed by atoms with E-state index < -0.39 is 0 Å². The molecular formula is C16H21N3O2. The third kappa shape index (κ3) is 3.77. The zero-order chi connectivity index (χ0) is 15.1. The lowest BCUT2D eigenvalue weighted by Crippen LogP contribution is -2.36. The number of carbonyl (C=O) groups excluding carboxylic acids is 1. The lowest BCUT2D eigenvalue weighted by Gasteiger charge is -2.22. The molecular weight excluding hydrogens is 266 g/mol. The number of amides is 1. The summed E-state index contributed by atoms with van der Waals surface area (Å²) in [6.45, 7) is 2.21. The number of hydrogen-bond donors (Lipinski definition) is 1. The predicted octanol–water partition coefficient (Wildman–Crippen LogP) is 1.67. The van der Waals surface area contributed by atoms with Crippen LogP contribution >= 0.6 is 0 Å². The molecule has 1 aromatic heterocycles. The first-order valence-electron chi connectivity index (χ1n) is 7.10. The first kappa shape index (κ1) is 15.4. The van der Waals surface area contributed by atoms with E-state index in [1.54, 1.807) is 18.2 Å². The molecule has 2 N–H and O–H groups in total. The van der Waals surface area contributed by atoms with Gasteiger partial charge < -0.3 is 15.4 Å². The summed E-state index contributed by atoms with van der Waals surface area (Å²) < 4.78 is 5.08. The monoisotopic (exact) mass is 287 g/mol. The van der Waals surface area contributed by atoms with Gasteiger partial charge in [0.05, 0.1) is 6.61 Å². The van der Waals surface area contributed by atoms with Gasteiger partial charge in [-0.15, -0.1) is 0 Å². The molecule has 5 heteroatoms. The van der Waals surface area contributed by atoms with Gasteiger partial charge >= 0.3 is 0 Å². The number of rotatable bonds is 7. The molecule has 0 aliphatic heterocycles. The molecule has 0 spiro atoms. The third-order valence-corrected chi connectivity index (χ3v) is 3.36. The zero-order valence-electron chi connectivity index (χ0n) is 12.3. The number of fused-ring (bicyclic) bond motifs is 1. The summed E-state index contributed by atoms with van der Waals surface area (Å²) in [5, 5.41) is 1.89. The quantitative estimate of drug-likeness (QED) is 0.841. The van der Waals surface area contributed by atoms with E-state index in [9.17, 15) is 4.79 Å². The molecule has 0 saturated heterocycles. The van der Waals surface area contributed by atoms with E-state index in [0.29, 0.717) is 31.9 Å². The molecule has 0 aliphatic rings. The molecule has 0 bridgehead atoms. The van der Waals surface area contributed by atoms with Crippen molar-refractivity contribution in [3.63, 3.8) is 0 Å².